The van der Waals surface area contributed by atoms with Gasteiger partial charge >= 0.3 is 6.18 Å². The van der Waals surface area contributed by atoms with Crippen molar-refractivity contribution in [2.75, 3.05) is 18.0 Å². The monoisotopic (exact) mass is 338 g/mol. The summed E-state index contributed by atoms with van der Waals surface area (Å²) in [6, 6.07) is 6.77. The Hall–Kier alpha value is -2.56. The van der Waals surface area contributed by atoms with Gasteiger partial charge in [0.25, 0.3) is 0 Å². The first-order valence-electron chi connectivity index (χ1n) is 7.45. The van der Waals surface area contributed by atoms with Gasteiger partial charge in [-0.05, 0) is 37.1 Å². The third-order valence-electron chi connectivity index (χ3n) is 4.09. The summed E-state index contributed by atoms with van der Waals surface area (Å²) in [6.07, 6.45) is -1.77. The van der Waals surface area contributed by atoms with Crippen LogP contribution < -0.4 is 4.90 Å². The second-order valence-electron chi connectivity index (χ2n) is 5.70. The maximum atomic E-state index is 14.1. The summed E-state index contributed by atoms with van der Waals surface area (Å²) < 4.78 is 53.5. The van der Waals surface area contributed by atoms with Gasteiger partial charge in [0.15, 0.2) is 5.69 Å². The minimum absolute atomic E-state index is 0.228. The molecule has 0 bridgehead atoms. The zero-order valence-electron chi connectivity index (χ0n) is 12.6. The summed E-state index contributed by atoms with van der Waals surface area (Å²) in [5, 5.41) is 12.4. The predicted octanol–water partition coefficient (Wildman–Crippen LogP) is 3.75. The Balaban J connectivity index is 1.80. The molecule has 126 valence electrons. The maximum absolute atomic E-state index is 14.1. The fraction of sp³-hybridized carbons (Fsp3) is 0.375. The molecular weight excluding hydrogens is 324 g/mol. The van der Waals surface area contributed by atoms with E-state index in [9.17, 15) is 17.6 Å². The summed E-state index contributed by atoms with van der Waals surface area (Å²) >= 11 is 0. The molecule has 0 aliphatic carbocycles. The molecule has 2 aromatic rings. The zero-order valence-corrected chi connectivity index (χ0v) is 12.6. The van der Waals surface area contributed by atoms with E-state index < -0.39 is 17.7 Å². The number of nitriles is 1. The van der Waals surface area contributed by atoms with Gasteiger partial charge < -0.3 is 4.90 Å². The number of halogens is 4. The van der Waals surface area contributed by atoms with E-state index in [4.69, 9.17) is 5.26 Å². The Kier molecular flexibility index (Phi) is 4.18. The van der Waals surface area contributed by atoms with Crippen molar-refractivity contribution in [2.45, 2.75) is 25.1 Å². The molecule has 1 fully saturated rings. The summed E-state index contributed by atoms with van der Waals surface area (Å²) in [5.74, 6) is -0.508. The van der Waals surface area contributed by atoms with E-state index in [1.807, 2.05) is 6.07 Å². The molecule has 0 radical (unpaired) electrons. The van der Waals surface area contributed by atoms with Gasteiger partial charge in [-0.2, -0.15) is 23.5 Å². The third-order valence-corrected chi connectivity index (χ3v) is 4.09. The van der Waals surface area contributed by atoms with Gasteiger partial charge in [-0.3, -0.25) is 4.68 Å². The Morgan fingerprint density at radius 2 is 2.04 bits per heavy atom. The predicted molar refractivity (Wildman–Crippen MR) is 78.8 cm³/mol. The highest BCUT2D eigenvalue weighted by Gasteiger charge is 2.34. The smallest absolute Gasteiger partial charge is 0.367 e. The van der Waals surface area contributed by atoms with Gasteiger partial charge in [0.1, 0.15) is 5.82 Å². The Bertz CT molecular complexity index is 775. The average Bonchev–Trinajstić information content (AvgIpc) is 3.05. The topological polar surface area (TPSA) is 44.9 Å². The Morgan fingerprint density at radius 3 is 2.67 bits per heavy atom. The molecular formula is C16H14F4N4. The molecule has 24 heavy (non-hydrogen) atoms. The van der Waals surface area contributed by atoms with Crippen molar-refractivity contribution in [3.8, 4) is 6.07 Å². The highest BCUT2D eigenvalue weighted by Crippen LogP contribution is 2.31. The molecule has 3 rings (SSSR count). The quantitative estimate of drug-likeness (QED) is 0.784. The van der Waals surface area contributed by atoms with Crippen molar-refractivity contribution in [2.24, 2.45) is 0 Å². The van der Waals surface area contributed by atoms with E-state index in [0.29, 0.717) is 31.6 Å². The molecule has 1 aliphatic heterocycles. The fourth-order valence-electron chi connectivity index (χ4n) is 2.91. The van der Waals surface area contributed by atoms with Crippen LogP contribution in [0.1, 0.15) is 30.1 Å². The van der Waals surface area contributed by atoms with Crippen LogP contribution in [0.25, 0.3) is 0 Å². The molecule has 0 spiro atoms. The van der Waals surface area contributed by atoms with E-state index in [-0.39, 0.29) is 11.6 Å². The van der Waals surface area contributed by atoms with Gasteiger partial charge in [0.05, 0.1) is 23.4 Å². The molecule has 4 nitrogen and oxygen atoms in total. The lowest BCUT2D eigenvalue weighted by Crippen LogP contribution is -2.37. The fourth-order valence-corrected chi connectivity index (χ4v) is 2.91. The number of hydrogen-bond acceptors (Lipinski definition) is 3. The second-order valence-corrected chi connectivity index (χ2v) is 5.70. The second kappa shape index (κ2) is 6.15. The summed E-state index contributed by atoms with van der Waals surface area (Å²) in [6.45, 7) is 0.967. The third kappa shape index (κ3) is 3.20. The molecule has 2 heterocycles. The van der Waals surface area contributed by atoms with Gasteiger partial charge in [-0.1, -0.05) is 0 Å². The summed E-state index contributed by atoms with van der Waals surface area (Å²) in [5.41, 5.74) is -0.349. The number of piperidine rings is 1. The lowest BCUT2D eigenvalue weighted by atomic mass is 10.0. The molecule has 0 amide bonds. The minimum Gasteiger partial charge on any atom is -0.367 e. The molecule has 1 aromatic heterocycles. The Labute approximate surface area is 135 Å². The van der Waals surface area contributed by atoms with Crippen molar-refractivity contribution in [3.05, 3.63) is 47.5 Å². The normalized spacial score (nSPS) is 18.5. The van der Waals surface area contributed by atoms with Crippen LogP contribution >= 0.6 is 0 Å². The molecule has 8 heteroatoms. The van der Waals surface area contributed by atoms with E-state index in [2.05, 4.69) is 5.10 Å². The van der Waals surface area contributed by atoms with Crippen LogP contribution in [0.5, 0.6) is 0 Å². The van der Waals surface area contributed by atoms with Crippen LogP contribution in [-0.4, -0.2) is 22.9 Å². The van der Waals surface area contributed by atoms with Gasteiger partial charge in [0, 0.05) is 19.3 Å². The van der Waals surface area contributed by atoms with Gasteiger partial charge in [0.2, 0.25) is 0 Å². The van der Waals surface area contributed by atoms with Crippen LogP contribution in [0, 0.1) is 17.1 Å². The van der Waals surface area contributed by atoms with Crippen LogP contribution in [-0.2, 0) is 6.18 Å². The van der Waals surface area contributed by atoms with Gasteiger partial charge in [-0.25, -0.2) is 4.39 Å². The van der Waals surface area contributed by atoms with E-state index in [0.717, 1.165) is 12.1 Å². The number of benzene rings is 1. The first-order chi connectivity index (χ1) is 11.4. The van der Waals surface area contributed by atoms with Crippen LogP contribution in [0.4, 0.5) is 23.2 Å². The number of hydrogen-bond donors (Lipinski definition) is 0. The van der Waals surface area contributed by atoms with Gasteiger partial charge in [-0.15, -0.1) is 0 Å². The lowest BCUT2D eigenvalue weighted by molar-refractivity contribution is -0.141. The number of alkyl halides is 3. The molecule has 1 aliphatic rings. The van der Waals surface area contributed by atoms with Crippen LogP contribution in [0.3, 0.4) is 0 Å². The minimum atomic E-state index is -4.47. The van der Waals surface area contributed by atoms with Crippen molar-refractivity contribution in [3.63, 3.8) is 0 Å². The van der Waals surface area contributed by atoms with Crippen LogP contribution in [0.2, 0.25) is 0 Å². The SMILES string of the molecule is N#Cc1ccc(N2CCCC(n3ccc(C(F)(F)F)n3)C2)c(F)c1. The van der Waals surface area contributed by atoms with Crippen LogP contribution in [0.15, 0.2) is 30.5 Å². The number of aromatic nitrogens is 2. The number of rotatable bonds is 2. The highest BCUT2D eigenvalue weighted by molar-refractivity contribution is 5.51. The Morgan fingerprint density at radius 1 is 1.25 bits per heavy atom. The van der Waals surface area contributed by atoms with E-state index in [1.165, 1.54) is 23.0 Å². The maximum Gasteiger partial charge on any atom is 0.435 e. The molecule has 1 aromatic carbocycles. The summed E-state index contributed by atoms with van der Waals surface area (Å²) in [4.78, 5) is 1.78. The molecule has 0 N–H and O–H groups in total. The molecule has 1 saturated heterocycles. The highest BCUT2D eigenvalue weighted by atomic mass is 19.4. The van der Waals surface area contributed by atoms with Crippen molar-refractivity contribution in [1.29, 1.82) is 5.26 Å². The van der Waals surface area contributed by atoms with E-state index in [1.54, 1.807) is 4.90 Å². The molecule has 1 atom stereocenters. The largest absolute Gasteiger partial charge is 0.435 e. The van der Waals surface area contributed by atoms with Crippen molar-refractivity contribution < 1.29 is 17.6 Å². The first-order valence-corrected chi connectivity index (χ1v) is 7.45. The number of nitrogens with zero attached hydrogens (tertiary/aromatic N) is 4. The zero-order chi connectivity index (χ0) is 17.3. The van der Waals surface area contributed by atoms with Crippen molar-refractivity contribution in [1.82, 2.24) is 9.78 Å². The average molecular weight is 338 g/mol. The van der Waals surface area contributed by atoms with E-state index >= 15 is 0 Å². The first kappa shape index (κ1) is 16.3. The lowest BCUT2D eigenvalue weighted by Gasteiger charge is -2.34. The summed E-state index contributed by atoms with van der Waals surface area (Å²) in [7, 11) is 0. The molecule has 0 saturated carbocycles. The molecule has 1 unspecified atom stereocenters. The number of anilines is 1. The standard InChI is InChI=1S/C16H14F4N4/c17-13-8-11(9-21)3-4-14(13)23-6-1-2-12(10-23)24-7-5-15(22-24)16(18,19)20/h3-5,7-8,12H,1-2,6,10H2. The van der Waals surface area contributed by atoms with Crippen molar-refractivity contribution >= 4 is 5.69 Å².